The van der Waals surface area contributed by atoms with Crippen LogP contribution < -0.4 is 5.73 Å². The normalized spacial score (nSPS) is 11.2. The number of hydrogen-bond donors (Lipinski definition) is 2. The number of fused-ring (bicyclic) bond motifs is 3. The number of para-hydroxylation sites is 1. The second-order valence-corrected chi connectivity index (χ2v) is 4.88. The van der Waals surface area contributed by atoms with E-state index in [-0.39, 0.29) is 0 Å². The number of aromatic amines is 1. The Morgan fingerprint density at radius 2 is 1.85 bits per heavy atom. The number of nitrogens with two attached hydrogens (primary N) is 1. The van der Waals surface area contributed by atoms with Crippen LogP contribution in [0.4, 0.5) is 5.69 Å². The van der Waals surface area contributed by atoms with Gasteiger partial charge < -0.3 is 10.7 Å². The maximum absolute atomic E-state index is 5.90. The molecular weight excluding hydrogens is 246 g/mol. The van der Waals surface area contributed by atoms with Crippen LogP contribution >= 0.6 is 0 Å². The van der Waals surface area contributed by atoms with Gasteiger partial charge in [-0.2, -0.15) is 0 Å². The lowest BCUT2D eigenvalue weighted by Gasteiger charge is -2.05. The van der Waals surface area contributed by atoms with Crippen molar-refractivity contribution in [3.63, 3.8) is 0 Å². The highest BCUT2D eigenvalue weighted by Gasteiger charge is 2.10. The van der Waals surface area contributed by atoms with Gasteiger partial charge in [0.15, 0.2) is 0 Å². The average molecular weight is 259 g/mol. The van der Waals surface area contributed by atoms with Gasteiger partial charge in [0.05, 0.1) is 0 Å². The Balaban J connectivity index is 2.14. The van der Waals surface area contributed by atoms with Crippen LogP contribution in [0.3, 0.4) is 0 Å². The van der Waals surface area contributed by atoms with Gasteiger partial charge in [0.2, 0.25) is 0 Å². The standard InChI is InChI=1S/C17H13N3/c18-12-5-3-4-11(10-12)13-8-9-19-17-16(13)14-6-1-2-7-15(14)20-17/h1-10H,18H2,(H,19,20). The van der Waals surface area contributed by atoms with Gasteiger partial charge in [-0.3, -0.25) is 0 Å². The van der Waals surface area contributed by atoms with E-state index < -0.39 is 0 Å². The molecule has 0 saturated carbocycles. The first-order chi connectivity index (χ1) is 9.83. The highest BCUT2D eigenvalue weighted by atomic mass is 14.8. The lowest BCUT2D eigenvalue weighted by Crippen LogP contribution is -1.86. The van der Waals surface area contributed by atoms with E-state index in [9.17, 15) is 0 Å². The van der Waals surface area contributed by atoms with Crippen molar-refractivity contribution >= 4 is 27.6 Å². The molecule has 20 heavy (non-hydrogen) atoms. The second-order valence-electron chi connectivity index (χ2n) is 4.88. The first kappa shape index (κ1) is 11.1. The number of nitrogen functional groups attached to an aromatic ring is 1. The minimum absolute atomic E-state index is 0.771. The summed E-state index contributed by atoms with van der Waals surface area (Å²) in [6, 6.07) is 18.2. The molecule has 0 aliphatic rings. The Morgan fingerprint density at radius 1 is 0.950 bits per heavy atom. The topological polar surface area (TPSA) is 54.7 Å². The van der Waals surface area contributed by atoms with Gasteiger partial charge in [-0.1, -0.05) is 30.3 Å². The van der Waals surface area contributed by atoms with Crippen LogP contribution in [0.15, 0.2) is 60.8 Å². The van der Waals surface area contributed by atoms with Crippen LogP contribution in [0, 0.1) is 0 Å². The van der Waals surface area contributed by atoms with Gasteiger partial charge in [-0.15, -0.1) is 0 Å². The van der Waals surface area contributed by atoms with Gasteiger partial charge in [0.1, 0.15) is 5.65 Å². The quantitative estimate of drug-likeness (QED) is 0.508. The fourth-order valence-electron chi connectivity index (χ4n) is 2.71. The van der Waals surface area contributed by atoms with E-state index in [4.69, 9.17) is 5.73 Å². The predicted molar refractivity (Wildman–Crippen MR) is 83.4 cm³/mol. The summed E-state index contributed by atoms with van der Waals surface area (Å²) in [7, 11) is 0. The van der Waals surface area contributed by atoms with Crippen molar-refractivity contribution < 1.29 is 0 Å². The molecule has 0 unspecified atom stereocenters. The van der Waals surface area contributed by atoms with E-state index in [0.717, 1.165) is 33.4 Å². The van der Waals surface area contributed by atoms with E-state index in [0.29, 0.717) is 0 Å². The van der Waals surface area contributed by atoms with Crippen molar-refractivity contribution in [1.29, 1.82) is 0 Å². The SMILES string of the molecule is Nc1cccc(-c2ccnc3[nH]c4ccccc4c23)c1. The van der Waals surface area contributed by atoms with Crippen LogP contribution in [-0.2, 0) is 0 Å². The third kappa shape index (κ3) is 1.57. The minimum atomic E-state index is 0.771. The van der Waals surface area contributed by atoms with Crippen LogP contribution in [-0.4, -0.2) is 9.97 Å². The molecule has 3 nitrogen and oxygen atoms in total. The molecule has 4 rings (SSSR count). The largest absolute Gasteiger partial charge is 0.399 e. The number of hydrogen-bond acceptors (Lipinski definition) is 2. The lowest BCUT2D eigenvalue weighted by atomic mass is 10.0. The Labute approximate surface area is 116 Å². The third-order valence-corrected chi connectivity index (χ3v) is 3.60. The molecule has 0 amide bonds. The molecule has 2 aromatic carbocycles. The van der Waals surface area contributed by atoms with E-state index in [2.05, 4.69) is 28.2 Å². The van der Waals surface area contributed by atoms with Crippen LogP contribution in [0.2, 0.25) is 0 Å². The minimum Gasteiger partial charge on any atom is -0.399 e. The summed E-state index contributed by atoms with van der Waals surface area (Å²) in [4.78, 5) is 7.80. The number of rotatable bonds is 1. The molecule has 0 fully saturated rings. The summed E-state index contributed by atoms with van der Waals surface area (Å²) in [5.41, 5.74) is 11.0. The smallest absolute Gasteiger partial charge is 0.138 e. The fraction of sp³-hybridized carbons (Fsp3) is 0. The van der Waals surface area contributed by atoms with Crippen LogP contribution in [0.5, 0.6) is 0 Å². The van der Waals surface area contributed by atoms with E-state index in [1.807, 2.05) is 42.6 Å². The highest BCUT2D eigenvalue weighted by Crippen LogP contribution is 2.33. The zero-order valence-corrected chi connectivity index (χ0v) is 10.8. The zero-order chi connectivity index (χ0) is 13.5. The molecule has 96 valence electrons. The van der Waals surface area contributed by atoms with Gasteiger partial charge >= 0.3 is 0 Å². The molecule has 2 aromatic heterocycles. The second kappa shape index (κ2) is 4.10. The molecule has 0 saturated heterocycles. The monoisotopic (exact) mass is 259 g/mol. The molecule has 2 heterocycles. The number of benzene rings is 2. The molecular formula is C17H13N3. The van der Waals surface area contributed by atoms with E-state index in [1.165, 1.54) is 5.39 Å². The number of aromatic nitrogens is 2. The van der Waals surface area contributed by atoms with Gasteiger partial charge in [0, 0.05) is 28.2 Å². The van der Waals surface area contributed by atoms with Gasteiger partial charge in [-0.05, 0) is 35.4 Å². The van der Waals surface area contributed by atoms with Crippen molar-refractivity contribution in [1.82, 2.24) is 9.97 Å². The Bertz CT molecular complexity index is 922. The van der Waals surface area contributed by atoms with Crippen molar-refractivity contribution in [2.45, 2.75) is 0 Å². The molecule has 0 radical (unpaired) electrons. The number of H-pyrrole nitrogens is 1. The maximum atomic E-state index is 5.90. The molecule has 0 aliphatic heterocycles. The van der Waals surface area contributed by atoms with E-state index in [1.54, 1.807) is 0 Å². The average Bonchev–Trinajstić information content (AvgIpc) is 2.85. The van der Waals surface area contributed by atoms with Crippen molar-refractivity contribution in [2.24, 2.45) is 0 Å². The number of anilines is 1. The lowest BCUT2D eigenvalue weighted by molar-refractivity contribution is 1.35. The Hall–Kier alpha value is -2.81. The number of nitrogens with zero attached hydrogens (tertiary/aromatic N) is 1. The molecule has 3 N–H and O–H groups in total. The predicted octanol–water partition coefficient (Wildman–Crippen LogP) is 3.97. The Kier molecular flexibility index (Phi) is 2.27. The molecule has 0 spiro atoms. The zero-order valence-electron chi connectivity index (χ0n) is 10.8. The fourth-order valence-corrected chi connectivity index (χ4v) is 2.71. The Morgan fingerprint density at radius 3 is 2.75 bits per heavy atom. The summed E-state index contributed by atoms with van der Waals surface area (Å²) in [5.74, 6) is 0. The molecule has 0 bridgehead atoms. The summed E-state index contributed by atoms with van der Waals surface area (Å²) in [6.07, 6.45) is 1.83. The molecule has 4 aromatic rings. The van der Waals surface area contributed by atoms with Gasteiger partial charge in [-0.25, -0.2) is 4.98 Å². The van der Waals surface area contributed by atoms with Gasteiger partial charge in [0.25, 0.3) is 0 Å². The molecule has 3 heteroatoms. The van der Waals surface area contributed by atoms with Crippen LogP contribution in [0.25, 0.3) is 33.1 Å². The summed E-state index contributed by atoms with van der Waals surface area (Å²) < 4.78 is 0. The highest BCUT2D eigenvalue weighted by molar-refractivity contribution is 6.12. The molecule has 0 aliphatic carbocycles. The first-order valence-corrected chi connectivity index (χ1v) is 6.54. The third-order valence-electron chi connectivity index (χ3n) is 3.60. The number of pyridine rings is 1. The van der Waals surface area contributed by atoms with Crippen molar-refractivity contribution in [2.75, 3.05) is 5.73 Å². The summed E-state index contributed by atoms with van der Waals surface area (Å²) in [6.45, 7) is 0. The van der Waals surface area contributed by atoms with E-state index >= 15 is 0 Å². The number of nitrogens with one attached hydrogen (secondary N) is 1. The van der Waals surface area contributed by atoms with Crippen molar-refractivity contribution in [3.05, 3.63) is 60.8 Å². The molecule has 0 atom stereocenters. The van der Waals surface area contributed by atoms with Crippen LogP contribution in [0.1, 0.15) is 0 Å². The summed E-state index contributed by atoms with van der Waals surface area (Å²) >= 11 is 0. The summed E-state index contributed by atoms with van der Waals surface area (Å²) in [5, 5.41) is 2.33. The first-order valence-electron chi connectivity index (χ1n) is 6.54. The maximum Gasteiger partial charge on any atom is 0.138 e. The van der Waals surface area contributed by atoms with Crippen molar-refractivity contribution in [3.8, 4) is 11.1 Å².